The molecule has 11 heteroatoms. The number of amides is 1. The number of nitrogens with one attached hydrogen (secondary N) is 1. The van der Waals surface area contributed by atoms with Crippen LogP contribution in [0, 0.1) is 0 Å². The van der Waals surface area contributed by atoms with Crippen molar-refractivity contribution in [2.45, 2.75) is 4.90 Å². The molecular formula is C28H24N2O8S. The topological polar surface area (TPSA) is 120 Å². The van der Waals surface area contributed by atoms with E-state index in [0.29, 0.717) is 28.6 Å². The first-order chi connectivity index (χ1) is 18.8. The Morgan fingerprint density at radius 2 is 1.62 bits per heavy atom. The number of benzene rings is 4. The molecule has 0 fully saturated rings. The van der Waals surface area contributed by atoms with Crippen molar-refractivity contribution in [1.82, 2.24) is 0 Å². The smallest absolute Gasteiger partial charge is 0.344 e. The summed E-state index contributed by atoms with van der Waals surface area (Å²) in [5.41, 5.74) is 0.891. The predicted octanol–water partition coefficient (Wildman–Crippen LogP) is 3.95. The minimum atomic E-state index is -3.80. The molecule has 0 radical (unpaired) electrons. The van der Waals surface area contributed by atoms with Crippen LogP contribution in [0.1, 0.15) is 0 Å². The number of hydrogen-bond donors (Lipinski definition) is 1. The van der Waals surface area contributed by atoms with Crippen molar-refractivity contribution in [2.75, 3.05) is 36.7 Å². The summed E-state index contributed by atoms with van der Waals surface area (Å²) in [4.78, 5) is 24.3. The molecule has 1 amide bonds. The van der Waals surface area contributed by atoms with Crippen molar-refractivity contribution in [2.24, 2.45) is 0 Å². The minimum Gasteiger partial charge on any atom is -0.482 e. The predicted molar refractivity (Wildman–Crippen MR) is 144 cm³/mol. The minimum absolute atomic E-state index is 0.119. The Hall–Kier alpha value is -4.77. The lowest BCUT2D eigenvalue weighted by Crippen LogP contribution is -2.26. The van der Waals surface area contributed by atoms with Crippen LogP contribution >= 0.6 is 0 Å². The molecule has 5 rings (SSSR count). The highest BCUT2D eigenvalue weighted by molar-refractivity contribution is 7.92. The van der Waals surface area contributed by atoms with E-state index in [1.165, 1.54) is 11.4 Å². The fraction of sp³-hybridized carbons (Fsp3) is 0.143. The number of sulfonamides is 1. The Kier molecular flexibility index (Phi) is 7.24. The second kappa shape index (κ2) is 10.9. The number of ether oxygens (including phenoxy) is 4. The zero-order valence-corrected chi connectivity index (χ0v) is 21.6. The molecule has 0 saturated carbocycles. The zero-order chi connectivity index (χ0) is 27.4. The summed E-state index contributed by atoms with van der Waals surface area (Å²) in [5.74, 6) is 0.166. The van der Waals surface area contributed by atoms with Crippen molar-refractivity contribution in [3.05, 3.63) is 84.9 Å². The van der Waals surface area contributed by atoms with Crippen LogP contribution in [0.15, 0.2) is 89.8 Å². The number of anilines is 2. The third kappa shape index (κ3) is 5.88. The highest BCUT2D eigenvalue weighted by atomic mass is 32.2. The van der Waals surface area contributed by atoms with Gasteiger partial charge < -0.3 is 24.3 Å². The summed E-state index contributed by atoms with van der Waals surface area (Å²) in [7, 11) is -2.33. The Balaban J connectivity index is 1.11. The molecule has 0 bridgehead atoms. The van der Waals surface area contributed by atoms with Crippen molar-refractivity contribution in [3.63, 3.8) is 0 Å². The molecule has 1 aliphatic heterocycles. The van der Waals surface area contributed by atoms with E-state index >= 15 is 0 Å². The summed E-state index contributed by atoms with van der Waals surface area (Å²) in [6.07, 6.45) is 0. The Bertz CT molecular complexity index is 1640. The van der Waals surface area contributed by atoms with Crippen LogP contribution in [0.5, 0.6) is 17.2 Å². The number of carbonyl (C=O) groups is 2. The Morgan fingerprint density at radius 3 is 2.41 bits per heavy atom. The van der Waals surface area contributed by atoms with Crippen LogP contribution < -0.4 is 23.8 Å². The third-order valence-corrected chi connectivity index (χ3v) is 7.74. The Labute approximate surface area is 224 Å². The first kappa shape index (κ1) is 25.9. The molecule has 0 atom stereocenters. The highest BCUT2D eigenvalue weighted by Crippen LogP contribution is 2.34. The normalized spacial score (nSPS) is 12.1. The van der Waals surface area contributed by atoms with Gasteiger partial charge in [-0.05, 0) is 59.3 Å². The van der Waals surface area contributed by atoms with E-state index in [9.17, 15) is 18.0 Å². The van der Waals surface area contributed by atoms with Crippen molar-refractivity contribution in [3.8, 4) is 17.2 Å². The number of fused-ring (bicyclic) bond motifs is 2. The number of carbonyl (C=O) groups excluding carboxylic acids is 2. The van der Waals surface area contributed by atoms with Crippen LogP contribution in [0.3, 0.4) is 0 Å². The lowest BCUT2D eigenvalue weighted by atomic mass is 10.1. The molecule has 0 spiro atoms. The van der Waals surface area contributed by atoms with Crippen molar-refractivity contribution in [1.29, 1.82) is 0 Å². The number of nitrogens with zero attached hydrogens (tertiary/aromatic N) is 1. The number of rotatable bonds is 9. The molecule has 1 aliphatic rings. The van der Waals surface area contributed by atoms with E-state index in [-0.39, 0.29) is 11.7 Å². The molecule has 0 unspecified atom stereocenters. The van der Waals surface area contributed by atoms with E-state index in [1.807, 2.05) is 24.3 Å². The van der Waals surface area contributed by atoms with Gasteiger partial charge in [-0.1, -0.05) is 30.3 Å². The number of esters is 1. The van der Waals surface area contributed by atoms with Crippen LogP contribution in [-0.4, -0.2) is 47.3 Å². The molecule has 0 saturated heterocycles. The van der Waals surface area contributed by atoms with Crippen LogP contribution in [0.2, 0.25) is 0 Å². The van der Waals surface area contributed by atoms with Gasteiger partial charge in [0.2, 0.25) is 6.79 Å². The Morgan fingerprint density at radius 1 is 0.872 bits per heavy atom. The van der Waals surface area contributed by atoms with Crippen LogP contribution in [0.4, 0.5) is 11.4 Å². The van der Waals surface area contributed by atoms with Gasteiger partial charge in [0.15, 0.2) is 24.7 Å². The molecule has 200 valence electrons. The maximum atomic E-state index is 13.2. The average molecular weight is 549 g/mol. The van der Waals surface area contributed by atoms with Gasteiger partial charge in [0.25, 0.3) is 15.9 Å². The zero-order valence-electron chi connectivity index (χ0n) is 20.8. The summed E-state index contributed by atoms with van der Waals surface area (Å²) in [6, 6.07) is 23.7. The van der Waals surface area contributed by atoms with Gasteiger partial charge in [0.05, 0.1) is 10.6 Å². The van der Waals surface area contributed by atoms with Gasteiger partial charge in [-0.3, -0.25) is 9.10 Å². The monoisotopic (exact) mass is 548 g/mol. The summed E-state index contributed by atoms with van der Waals surface area (Å²) < 4.78 is 48.3. The molecule has 0 aromatic heterocycles. The molecule has 1 N–H and O–H groups in total. The van der Waals surface area contributed by atoms with Gasteiger partial charge in [0.1, 0.15) is 5.75 Å². The quantitative estimate of drug-likeness (QED) is 0.312. The van der Waals surface area contributed by atoms with Gasteiger partial charge in [0, 0.05) is 18.8 Å². The molecule has 1 heterocycles. The van der Waals surface area contributed by atoms with Gasteiger partial charge in [-0.25, -0.2) is 13.2 Å². The average Bonchev–Trinajstić information content (AvgIpc) is 3.42. The molecule has 0 aliphatic carbocycles. The summed E-state index contributed by atoms with van der Waals surface area (Å²) in [6.45, 7) is -0.803. The maximum absolute atomic E-state index is 13.2. The molecule has 39 heavy (non-hydrogen) atoms. The second-order valence-electron chi connectivity index (χ2n) is 8.54. The second-order valence-corrected chi connectivity index (χ2v) is 10.5. The third-order valence-electron chi connectivity index (χ3n) is 5.96. The lowest BCUT2D eigenvalue weighted by molar-refractivity contribution is -0.149. The van der Waals surface area contributed by atoms with E-state index < -0.39 is 35.1 Å². The van der Waals surface area contributed by atoms with E-state index in [0.717, 1.165) is 10.8 Å². The van der Waals surface area contributed by atoms with Crippen molar-refractivity contribution < 1.29 is 37.0 Å². The molecule has 4 aromatic carbocycles. The summed E-state index contributed by atoms with van der Waals surface area (Å²) >= 11 is 0. The van der Waals surface area contributed by atoms with Gasteiger partial charge in [-0.2, -0.15) is 0 Å². The van der Waals surface area contributed by atoms with E-state index in [2.05, 4.69) is 5.32 Å². The first-order valence-corrected chi connectivity index (χ1v) is 13.3. The fourth-order valence-corrected chi connectivity index (χ4v) is 5.11. The van der Waals surface area contributed by atoms with Crippen LogP contribution in [0.25, 0.3) is 10.8 Å². The molecule has 4 aromatic rings. The molecular weight excluding hydrogens is 524 g/mol. The fourth-order valence-electron chi connectivity index (χ4n) is 3.88. The van der Waals surface area contributed by atoms with Gasteiger partial charge >= 0.3 is 5.97 Å². The van der Waals surface area contributed by atoms with E-state index in [1.54, 1.807) is 60.7 Å². The van der Waals surface area contributed by atoms with E-state index in [4.69, 9.17) is 18.9 Å². The standard InChI is InChI=1S/C28H24N2O8S/c1-30(39(33,34)24-12-6-19-4-2-3-5-20(19)14-24)22-8-10-23(11-9-22)35-17-28(32)36-16-27(31)29-21-7-13-25-26(15-21)38-18-37-25/h2-15H,16-18H2,1H3,(H,29,31). The lowest BCUT2D eigenvalue weighted by Gasteiger charge is -2.20. The largest absolute Gasteiger partial charge is 0.482 e. The SMILES string of the molecule is CN(c1ccc(OCC(=O)OCC(=O)Nc2ccc3c(c2)OCO3)cc1)S(=O)(=O)c1ccc2ccccc2c1. The van der Waals surface area contributed by atoms with Crippen molar-refractivity contribution >= 4 is 44.0 Å². The maximum Gasteiger partial charge on any atom is 0.344 e. The number of hydrogen-bond acceptors (Lipinski definition) is 8. The van der Waals surface area contributed by atoms with Crippen LogP contribution in [-0.2, 0) is 24.3 Å². The summed E-state index contributed by atoms with van der Waals surface area (Å²) in [5, 5.41) is 4.38. The molecule has 10 nitrogen and oxygen atoms in total. The first-order valence-electron chi connectivity index (χ1n) is 11.9. The highest BCUT2D eigenvalue weighted by Gasteiger charge is 2.22. The van der Waals surface area contributed by atoms with Gasteiger partial charge in [-0.15, -0.1) is 0 Å².